The van der Waals surface area contributed by atoms with E-state index in [0.717, 1.165) is 0 Å². The number of aliphatic hydroxyl groups excluding tert-OH is 1. The second kappa shape index (κ2) is 4.83. The Hall–Kier alpha value is -0.430. The first-order valence-corrected chi connectivity index (χ1v) is 7.68. The molecule has 1 aliphatic carbocycles. The van der Waals surface area contributed by atoms with E-state index in [9.17, 15) is 13.5 Å². The van der Waals surface area contributed by atoms with Gasteiger partial charge in [0.1, 0.15) is 4.21 Å². The van der Waals surface area contributed by atoms with Gasteiger partial charge in [0, 0.05) is 6.04 Å². The van der Waals surface area contributed by atoms with E-state index in [-0.39, 0.29) is 12.1 Å². The lowest BCUT2D eigenvalue weighted by Gasteiger charge is -2.25. The molecule has 1 fully saturated rings. The topological polar surface area (TPSA) is 66.4 Å². The third kappa shape index (κ3) is 2.82. The van der Waals surface area contributed by atoms with Gasteiger partial charge in [-0.15, -0.1) is 11.3 Å². The first-order valence-electron chi connectivity index (χ1n) is 5.32. The van der Waals surface area contributed by atoms with Crippen molar-refractivity contribution < 1.29 is 13.5 Å². The van der Waals surface area contributed by atoms with Crippen LogP contribution in [0, 0.1) is 0 Å². The fraction of sp³-hybridized carbons (Fsp3) is 0.600. The molecule has 0 amide bonds. The minimum absolute atomic E-state index is 0.0319. The van der Waals surface area contributed by atoms with Crippen LogP contribution in [-0.4, -0.2) is 25.7 Å². The maximum absolute atomic E-state index is 11.9. The summed E-state index contributed by atoms with van der Waals surface area (Å²) in [4.78, 5) is 0. The molecule has 0 radical (unpaired) electrons. The van der Waals surface area contributed by atoms with E-state index in [2.05, 4.69) is 4.72 Å². The van der Waals surface area contributed by atoms with Crippen LogP contribution in [0.2, 0.25) is 0 Å². The molecule has 0 aliphatic heterocycles. The number of nitrogens with one attached hydrogen (secondary N) is 1. The summed E-state index contributed by atoms with van der Waals surface area (Å²) in [5.41, 5.74) is 0. The Morgan fingerprint density at radius 3 is 2.56 bits per heavy atom. The molecule has 0 atom stereocenters. The molecule has 1 saturated carbocycles. The zero-order chi connectivity index (χ0) is 11.6. The number of rotatable bonds is 3. The molecule has 2 rings (SSSR count). The molecule has 0 saturated heterocycles. The number of aliphatic hydroxyl groups is 1. The van der Waals surface area contributed by atoms with Crippen LogP contribution in [-0.2, 0) is 10.0 Å². The molecule has 2 N–H and O–H groups in total. The average Bonchev–Trinajstić information content (AvgIpc) is 2.75. The molecule has 0 unspecified atom stereocenters. The van der Waals surface area contributed by atoms with Crippen LogP contribution in [0.5, 0.6) is 0 Å². The third-order valence-electron chi connectivity index (χ3n) is 2.78. The SMILES string of the molecule is O=S(=O)(NC1CCC(O)CC1)c1cccs1. The van der Waals surface area contributed by atoms with Gasteiger partial charge >= 0.3 is 0 Å². The largest absolute Gasteiger partial charge is 0.393 e. The highest BCUT2D eigenvalue weighted by Gasteiger charge is 2.25. The van der Waals surface area contributed by atoms with Crippen molar-refractivity contribution in [3.05, 3.63) is 17.5 Å². The van der Waals surface area contributed by atoms with Crippen LogP contribution >= 0.6 is 11.3 Å². The van der Waals surface area contributed by atoms with Gasteiger partial charge in [0.05, 0.1) is 6.10 Å². The van der Waals surface area contributed by atoms with E-state index in [1.54, 1.807) is 17.5 Å². The summed E-state index contributed by atoms with van der Waals surface area (Å²) in [6, 6.07) is 3.30. The van der Waals surface area contributed by atoms with Gasteiger partial charge in [0.2, 0.25) is 10.0 Å². The van der Waals surface area contributed by atoms with Gasteiger partial charge in [-0.3, -0.25) is 0 Å². The van der Waals surface area contributed by atoms with Crippen molar-refractivity contribution in [3.63, 3.8) is 0 Å². The lowest BCUT2D eigenvalue weighted by atomic mass is 9.94. The number of hydrogen-bond acceptors (Lipinski definition) is 4. The molecule has 4 nitrogen and oxygen atoms in total. The van der Waals surface area contributed by atoms with Crippen molar-refractivity contribution in [2.24, 2.45) is 0 Å². The average molecular weight is 261 g/mol. The Bertz CT molecular complexity index is 419. The van der Waals surface area contributed by atoms with E-state index < -0.39 is 10.0 Å². The standard InChI is InChI=1S/C10H15NO3S2/c12-9-5-3-8(4-6-9)11-16(13,14)10-2-1-7-15-10/h1-2,7-9,11-12H,3-6H2. The Morgan fingerprint density at radius 1 is 1.31 bits per heavy atom. The molecule has 0 aromatic carbocycles. The van der Waals surface area contributed by atoms with Crippen LogP contribution in [0.25, 0.3) is 0 Å². The first-order chi connectivity index (χ1) is 7.58. The van der Waals surface area contributed by atoms with Gasteiger partial charge in [0.15, 0.2) is 0 Å². The minimum Gasteiger partial charge on any atom is -0.393 e. The summed E-state index contributed by atoms with van der Waals surface area (Å²) in [6.45, 7) is 0. The van der Waals surface area contributed by atoms with Gasteiger partial charge in [-0.05, 0) is 37.1 Å². The monoisotopic (exact) mass is 261 g/mol. The van der Waals surface area contributed by atoms with Crippen molar-refractivity contribution >= 4 is 21.4 Å². The van der Waals surface area contributed by atoms with Crippen LogP contribution in [0.4, 0.5) is 0 Å². The van der Waals surface area contributed by atoms with E-state index in [1.165, 1.54) is 11.3 Å². The molecule has 16 heavy (non-hydrogen) atoms. The van der Waals surface area contributed by atoms with Crippen molar-refractivity contribution in [3.8, 4) is 0 Å². The molecule has 6 heteroatoms. The van der Waals surface area contributed by atoms with Crippen molar-refractivity contribution in [1.29, 1.82) is 0 Å². The number of thiophene rings is 1. The molecule has 1 heterocycles. The molecule has 1 aromatic rings. The fourth-order valence-corrected chi connectivity index (χ4v) is 4.20. The van der Waals surface area contributed by atoms with E-state index in [1.807, 2.05) is 0 Å². The normalized spacial score (nSPS) is 26.8. The molecular weight excluding hydrogens is 246 g/mol. The lowest BCUT2D eigenvalue weighted by Crippen LogP contribution is -2.38. The van der Waals surface area contributed by atoms with Gasteiger partial charge in [-0.25, -0.2) is 13.1 Å². The first kappa shape index (κ1) is 12.0. The van der Waals surface area contributed by atoms with Gasteiger partial charge in [-0.1, -0.05) is 6.07 Å². The highest BCUT2D eigenvalue weighted by Crippen LogP contribution is 2.22. The number of sulfonamides is 1. The van der Waals surface area contributed by atoms with E-state index >= 15 is 0 Å². The Balaban J connectivity index is 2.00. The highest BCUT2D eigenvalue weighted by molar-refractivity contribution is 7.91. The molecule has 1 aliphatic rings. The zero-order valence-corrected chi connectivity index (χ0v) is 10.4. The van der Waals surface area contributed by atoms with Crippen LogP contribution in [0.15, 0.2) is 21.7 Å². The van der Waals surface area contributed by atoms with Crippen molar-refractivity contribution in [2.75, 3.05) is 0 Å². The summed E-state index contributed by atoms with van der Waals surface area (Å²) in [6.07, 6.45) is 2.52. The van der Waals surface area contributed by atoms with Crippen molar-refractivity contribution in [2.45, 2.75) is 42.0 Å². The molecule has 90 valence electrons. The van der Waals surface area contributed by atoms with Gasteiger partial charge in [-0.2, -0.15) is 0 Å². The molecule has 0 spiro atoms. The molecule has 1 aromatic heterocycles. The highest BCUT2D eigenvalue weighted by atomic mass is 32.2. The third-order valence-corrected chi connectivity index (χ3v) is 5.70. The quantitative estimate of drug-likeness (QED) is 0.862. The Kier molecular flexibility index (Phi) is 3.63. The smallest absolute Gasteiger partial charge is 0.250 e. The molecular formula is C10H15NO3S2. The summed E-state index contributed by atoms with van der Waals surface area (Å²) in [5, 5.41) is 11.1. The van der Waals surface area contributed by atoms with Crippen LogP contribution < -0.4 is 4.72 Å². The minimum atomic E-state index is -3.35. The second-order valence-corrected chi connectivity index (χ2v) is 6.95. The van der Waals surface area contributed by atoms with Gasteiger partial charge < -0.3 is 5.11 Å². The van der Waals surface area contributed by atoms with Gasteiger partial charge in [0.25, 0.3) is 0 Å². The maximum atomic E-state index is 11.9. The Morgan fingerprint density at radius 2 is 2.00 bits per heavy atom. The van der Waals surface area contributed by atoms with E-state index in [0.29, 0.717) is 29.9 Å². The van der Waals surface area contributed by atoms with Crippen LogP contribution in [0.1, 0.15) is 25.7 Å². The van der Waals surface area contributed by atoms with E-state index in [4.69, 9.17) is 0 Å². The zero-order valence-electron chi connectivity index (χ0n) is 8.80. The predicted octanol–water partition coefficient (Wildman–Crippen LogP) is 1.33. The molecule has 0 bridgehead atoms. The Labute approximate surface area is 99.4 Å². The predicted molar refractivity (Wildman–Crippen MR) is 62.9 cm³/mol. The van der Waals surface area contributed by atoms with Crippen molar-refractivity contribution in [1.82, 2.24) is 4.72 Å². The summed E-state index contributed by atoms with van der Waals surface area (Å²) < 4.78 is 26.8. The number of hydrogen-bond donors (Lipinski definition) is 2. The summed E-state index contributed by atoms with van der Waals surface area (Å²) in [7, 11) is -3.35. The lowest BCUT2D eigenvalue weighted by molar-refractivity contribution is 0.120. The summed E-state index contributed by atoms with van der Waals surface area (Å²) in [5.74, 6) is 0. The summed E-state index contributed by atoms with van der Waals surface area (Å²) >= 11 is 1.22. The van der Waals surface area contributed by atoms with Crippen LogP contribution in [0.3, 0.4) is 0 Å². The second-order valence-electron chi connectivity index (χ2n) is 4.06. The maximum Gasteiger partial charge on any atom is 0.250 e. The fourth-order valence-electron chi connectivity index (χ4n) is 1.89.